The zero-order valence-electron chi connectivity index (χ0n) is 19.7. The maximum absolute atomic E-state index is 13.2. The summed E-state index contributed by atoms with van der Waals surface area (Å²) >= 11 is 6.13. The number of fused-ring (bicyclic) bond motifs is 1. The molecule has 2 aromatic carbocycles. The maximum atomic E-state index is 13.2. The van der Waals surface area contributed by atoms with Crippen LogP contribution in [-0.4, -0.2) is 85.5 Å². The Morgan fingerprint density at radius 2 is 1.63 bits per heavy atom. The molecule has 0 aromatic heterocycles. The van der Waals surface area contributed by atoms with Gasteiger partial charge in [0.25, 0.3) is 0 Å². The summed E-state index contributed by atoms with van der Waals surface area (Å²) in [4.78, 5) is 31.9. The molecule has 186 valence electrons. The van der Waals surface area contributed by atoms with Crippen LogP contribution in [0.1, 0.15) is 24.4 Å². The van der Waals surface area contributed by atoms with Crippen LogP contribution in [0.3, 0.4) is 0 Å². The van der Waals surface area contributed by atoms with Crippen molar-refractivity contribution in [3.8, 4) is 11.5 Å². The number of nitrogens with one attached hydrogen (secondary N) is 1. The Bertz CT molecular complexity index is 1070. The number of hydrogen-bond acceptors (Lipinski definition) is 6. The highest BCUT2D eigenvalue weighted by atomic mass is 35.5. The molecule has 35 heavy (non-hydrogen) atoms. The predicted molar refractivity (Wildman–Crippen MR) is 134 cm³/mol. The van der Waals surface area contributed by atoms with Crippen molar-refractivity contribution in [1.82, 2.24) is 14.7 Å². The number of anilines is 1. The third-order valence-corrected chi connectivity index (χ3v) is 7.19. The molecular formula is C26H31ClN4O4. The molecular weight excluding hydrogens is 468 g/mol. The molecule has 1 N–H and O–H groups in total. The Morgan fingerprint density at radius 1 is 0.914 bits per heavy atom. The van der Waals surface area contributed by atoms with Gasteiger partial charge in [-0.15, -0.1) is 0 Å². The van der Waals surface area contributed by atoms with Crippen molar-refractivity contribution in [3.05, 3.63) is 53.1 Å². The molecule has 1 atom stereocenters. The van der Waals surface area contributed by atoms with Crippen LogP contribution in [0.15, 0.2) is 42.5 Å². The number of para-hydroxylation sites is 1. The third kappa shape index (κ3) is 5.72. The van der Waals surface area contributed by atoms with Crippen molar-refractivity contribution in [2.24, 2.45) is 0 Å². The molecule has 0 unspecified atom stereocenters. The van der Waals surface area contributed by atoms with E-state index in [1.807, 2.05) is 29.2 Å². The lowest BCUT2D eigenvalue weighted by molar-refractivity contribution is -0.134. The Hall–Kier alpha value is -2.81. The molecule has 2 saturated heterocycles. The number of ether oxygens (including phenoxy) is 2. The van der Waals surface area contributed by atoms with Crippen molar-refractivity contribution in [3.63, 3.8) is 0 Å². The zero-order chi connectivity index (χ0) is 24.2. The van der Waals surface area contributed by atoms with Gasteiger partial charge < -0.3 is 19.7 Å². The van der Waals surface area contributed by atoms with Gasteiger partial charge in [0.05, 0.1) is 29.8 Å². The molecule has 0 radical (unpaired) electrons. The molecule has 3 aliphatic heterocycles. The van der Waals surface area contributed by atoms with Gasteiger partial charge in [0, 0.05) is 32.7 Å². The van der Waals surface area contributed by atoms with Gasteiger partial charge in [-0.3, -0.25) is 19.4 Å². The number of rotatable bonds is 6. The van der Waals surface area contributed by atoms with Crippen LogP contribution >= 0.6 is 11.6 Å². The first-order chi connectivity index (χ1) is 17.1. The van der Waals surface area contributed by atoms with Crippen LogP contribution in [-0.2, 0) is 9.59 Å². The molecule has 0 bridgehead atoms. The summed E-state index contributed by atoms with van der Waals surface area (Å²) in [7, 11) is 0. The van der Waals surface area contributed by atoms with E-state index >= 15 is 0 Å². The van der Waals surface area contributed by atoms with Crippen LogP contribution in [0, 0.1) is 0 Å². The Kier molecular flexibility index (Phi) is 7.41. The molecule has 0 spiro atoms. The number of carbonyl (C=O) groups excluding carboxylic acids is 2. The number of nitrogens with zero attached hydrogens (tertiary/aromatic N) is 3. The molecule has 0 aliphatic carbocycles. The topological polar surface area (TPSA) is 74.4 Å². The second-order valence-electron chi connectivity index (χ2n) is 9.23. The summed E-state index contributed by atoms with van der Waals surface area (Å²) in [5.41, 5.74) is 1.73. The minimum Gasteiger partial charge on any atom is -0.486 e. The van der Waals surface area contributed by atoms with Crippen LogP contribution in [0.2, 0.25) is 5.02 Å². The number of amides is 2. The molecule has 5 rings (SSSR count). The molecule has 2 aromatic rings. The SMILES string of the molecule is O=C(CN1CCN(CC(=O)N2CCC[C@@H]2c2ccc3c(c2)OCCO3)CC1)Nc1ccccc1Cl. The summed E-state index contributed by atoms with van der Waals surface area (Å²) in [6, 6.07) is 13.3. The van der Waals surface area contributed by atoms with Crippen molar-refractivity contribution >= 4 is 29.1 Å². The first-order valence-corrected chi connectivity index (χ1v) is 12.6. The van der Waals surface area contributed by atoms with Crippen molar-refractivity contribution < 1.29 is 19.1 Å². The smallest absolute Gasteiger partial charge is 0.238 e. The highest BCUT2D eigenvalue weighted by Crippen LogP contribution is 2.38. The minimum absolute atomic E-state index is 0.0770. The zero-order valence-corrected chi connectivity index (χ0v) is 20.5. The third-order valence-electron chi connectivity index (χ3n) is 6.86. The minimum atomic E-state index is -0.0815. The highest BCUT2D eigenvalue weighted by molar-refractivity contribution is 6.33. The maximum Gasteiger partial charge on any atom is 0.238 e. The van der Waals surface area contributed by atoms with Gasteiger partial charge >= 0.3 is 0 Å². The van der Waals surface area contributed by atoms with E-state index in [4.69, 9.17) is 21.1 Å². The number of benzene rings is 2. The monoisotopic (exact) mass is 498 g/mol. The molecule has 3 aliphatic rings. The highest BCUT2D eigenvalue weighted by Gasteiger charge is 2.32. The molecule has 0 saturated carbocycles. The fourth-order valence-corrected chi connectivity index (χ4v) is 5.21. The summed E-state index contributed by atoms with van der Waals surface area (Å²) in [6.45, 7) is 5.62. The molecule has 2 amide bonds. The van der Waals surface area contributed by atoms with E-state index in [2.05, 4.69) is 21.2 Å². The number of likely N-dealkylation sites (tertiary alicyclic amines) is 1. The summed E-state index contributed by atoms with van der Waals surface area (Å²) in [5.74, 6) is 1.62. The van der Waals surface area contributed by atoms with E-state index in [0.717, 1.165) is 62.6 Å². The molecule has 8 nitrogen and oxygen atoms in total. The van der Waals surface area contributed by atoms with E-state index in [-0.39, 0.29) is 17.9 Å². The van der Waals surface area contributed by atoms with E-state index < -0.39 is 0 Å². The average molecular weight is 499 g/mol. The van der Waals surface area contributed by atoms with Gasteiger partial charge in [0.1, 0.15) is 13.2 Å². The van der Waals surface area contributed by atoms with Crippen LogP contribution in [0.5, 0.6) is 11.5 Å². The fourth-order valence-electron chi connectivity index (χ4n) is 5.02. The number of hydrogen-bond donors (Lipinski definition) is 1. The fraction of sp³-hybridized carbons (Fsp3) is 0.462. The second kappa shape index (κ2) is 10.8. The van der Waals surface area contributed by atoms with Crippen molar-refractivity contribution in [2.45, 2.75) is 18.9 Å². The Labute approximate surface area is 210 Å². The van der Waals surface area contributed by atoms with Crippen molar-refractivity contribution in [1.29, 1.82) is 0 Å². The quantitative estimate of drug-likeness (QED) is 0.660. The summed E-state index contributed by atoms with van der Waals surface area (Å²) in [6.07, 6.45) is 1.96. The average Bonchev–Trinajstić information content (AvgIpc) is 3.37. The predicted octanol–water partition coefficient (Wildman–Crippen LogP) is 3.03. The van der Waals surface area contributed by atoms with Gasteiger partial charge in [-0.05, 0) is 42.7 Å². The lowest BCUT2D eigenvalue weighted by Gasteiger charge is -2.35. The second-order valence-corrected chi connectivity index (χ2v) is 9.64. The largest absolute Gasteiger partial charge is 0.486 e. The summed E-state index contributed by atoms with van der Waals surface area (Å²) in [5, 5.41) is 3.40. The van der Waals surface area contributed by atoms with Gasteiger partial charge in [-0.25, -0.2) is 0 Å². The number of piperazine rings is 1. The Balaban J connectivity index is 1.11. The first kappa shape index (κ1) is 23.9. The first-order valence-electron chi connectivity index (χ1n) is 12.2. The van der Waals surface area contributed by atoms with Gasteiger partial charge in [-0.1, -0.05) is 29.8 Å². The van der Waals surface area contributed by atoms with Gasteiger partial charge in [0.2, 0.25) is 11.8 Å². The summed E-state index contributed by atoms with van der Waals surface area (Å²) < 4.78 is 11.4. The van der Waals surface area contributed by atoms with Crippen LogP contribution in [0.4, 0.5) is 5.69 Å². The molecule has 3 heterocycles. The normalized spacial score (nSPS) is 20.6. The standard InChI is InChI=1S/C26H31ClN4O4/c27-20-4-1-2-5-21(20)28-25(32)17-29-10-12-30(13-11-29)18-26(33)31-9-3-6-22(31)19-7-8-23-24(16-19)35-15-14-34-23/h1-2,4-5,7-8,16,22H,3,6,9-15,17-18H2,(H,28,32)/t22-/m1/s1. The van der Waals surface area contributed by atoms with E-state index in [1.165, 1.54) is 0 Å². The lowest BCUT2D eigenvalue weighted by Crippen LogP contribution is -2.51. The molecule has 2 fully saturated rings. The lowest BCUT2D eigenvalue weighted by atomic mass is 10.0. The van der Waals surface area contributed by atoms with Crippen LogP contribution < -0.4 is 14.8 Å². The number of halogens is 1. The molecule has 9 heteroatoms. The van der Waals surface area contributed by atoms with Crippen LogP contribution in [0.25, 0.3) is 0 Å². The van der Waals surface area contributed by atoms with Gasteiger partial charge in [-0.2, -0.15) is 0 Å². The van der Waals surface area contributed by atoms with E-state index in [1.54, 1.807) is 12.1 Å². The Morgan fingerprint density at radius 3 is 2.40 bits per heavy atom. The number of carbonyl (C=O) groups is 2. The van der Waals surface area contributed by atoms with Gasteiger partial charge in [0.15, 0.2) is 11.5 Å². The van der Waals surface area contributed by atoms with Crippen molar-refractivity contribution in [2.75, 3.05) is 64.3 Å². The van der Waals surface area contributed by atoms with E-state index in [9.17, 15) is 9.59 Å². The van der Waals surface area contributed by atoms with E-state index in [0.29, 0.717) is 37.0 Å².